The molecule has 0 radical (unpaired) electrons. The summed E-state index contributed by atoms with van der Waals surface area (Å²) in [5.41, 5.74) is 4.91. The van der Waals surface area contributed by atoms with E-state index in [2.05, 4.69) is 25.1 Å². The first-order chi connectivity index (χ1) is 14.5. The van der Waals surface area contributed by atoms with Crippen molar-refractivity contribution >= 4 is 5.78 Å². The van der Waals surface area contributed by atoms with E-state index in [0.717, 1.165) is 37.2 Å². The minimum atomic E-state index is -0.164. The van der Waals surface area contributed by atoms with Crippen LogP contribution in [-0.4, -0.2) is 5.78 Å². The summed E-state index contributed by atoms with van der Waals surface area (Å²) in [5, 5.41) is 0. The smallest absolute Gasteiger partial charge is 0.160 e. The zero-order chi connectivity index (χ0) is 21.1. The number of hydrogen-bond acceptors (Lipinski definition) is 1. The van der Waals surface area contributed by atoms with E-state index in [1.807, 2.05) is 12.1 Å². The lowest BCUT2D eigenvalue weighted by Gasteiger charge is -2.32. The number of carbonyl (C=O) groups is 1. The summed E-state index contributed by atoms with van der Waals surface area (Å²) in [5.74, 6) is 2.56. The molecule has 0 spiro atoms. The van der Waals surface area contributed by atoms with Crippen molar-refractivity contribution < 1.29 is 9.18 Å². The lowest BCUT2D eigenvalue weighted by molar-refractivity contribution is 0.101. The molecule has 0 aromatic heterocycles. The Labute approximate surface area is 181 Å². The maximum atomic E-state index is 13.3. The zero-order valence-electron chi connectivity index (χ0n) is 18.5. The molecule has 4 rings (SSSR count). The second-order valence-electron chi connectivity index (χ2n) is 9.63. The van der Waals surface area contributed by atoms with Gasteiger partial charge in [0.15, 0.2) is 5.78 Å². The maximum Gasteiger partial charge on any atom is 0.160 e. The number of carbonyl (C=O) groups excluding carboxylic acids is 1. The first-order valence-corrected chi connectivity index (χ1v) is 11.9. The van der Waals surface area contributed by atoms with Crippen LogP contribution in [0.15, 0.2) is 42.5 Å². The third kappa shape index (κ3) is 4.68. The van der Waals surface area contributed by atoms with E-state index in [0.29, 0.717) is 17.8 Å². The number of hydrogen-bond donors (Lipinski definition) is 0. The highest BCUT2D eigenvalue weighted by molar-refractivity contribution is 5.95. The monoisotopic (exact) mass is 406 g/mol. The largest absolute Gasteiger partial charge is 0.295 e. The molecule has 0 unspecified atom stereocenters. The highest BCUT2D eigenvalue weighted by atomic mass is 19.1. The minimum Gasteiger partial charge on any atom is -0.295 e. The molecule has 160 valence electrons. The summed E-state index contributed by atoms with van der Waals surface area (Å²) < 4.78 is 13.3. The van der Waals surface area contributed by atoms with Gasteiger partial charge in [0, 0.05) is 5.56 Å². The first-order valence-electron chi connectivity index (χ1n) is 11.9. The first kappa shape index (κ1) is 21.3. The van der Waals surface area contributed by atoms with Crippen molar-refractivity contribution in [2.45, 2.75) is 89.4 Å². The molecule has 2 saturated carbocycles. The molecule has 0 bridgehead atoms. The third-order valence-electron chi connectivity index (χ3n) is 7.86. The van der Waals surface area contributed by atoms with E-state index in [-0.39, 0.29) is 11.6 Å². The fourth-order valence-corrected chi connectivity index (χ4v) is 5.87. The van der Waals surface area contributed by atoms with Gasteiger partial charge in [0.25, 0.3) is 0 Å². The van der Waals surface area contributed by atoms with Crippen LogP contribution in [0.1, 0.15) is 116 Å². The molecule has 2 aromatic rings. The Hall–Kier alpha value is -1.96. The fourth-order valence-electron chi connectivity index (χ4n) is 5.87. The van der Waals surface area contributed by atoms with Gasteiger partial charge < -0.3 is 0 Å². The standard InChI is InChI=1S/C28H35FO/c1-3-20-4-6-23(7-5-20)25-14-17-27(19(2)30)28(18-25)24-10-8-21(9-11-24)22-12-15-26(29)16-13-22/h12-18,20-21,23-24H,3-11H2,1-2H3/t20-,21-,23-,24-. The van der Waals surface area contributed by atoms with Crippen LogP contribution in [0.4, 0.5) is 4.39 Å². The van der Waals surface area contributed by atoms with Crippen molar-refractivity contribution in [3.8, 4) is 0 Å². The SMILES string of the molecule is CC[C@H]1CC[C@H](c2ccc(C(C)=O)c([C@H]3CC[C@H](c4ccc(F)cc4)CC3)c2)CC1. The van der Waals surface area contributed by atoms with Crippen LogP contribution in [0.5, 0.6) is 0 Å². The van der Waals surface area contributed by atoms with Crippen LogP contribution in [0.25, 0.3) is 0 Å². The van der Waals surface area contributed by atoms with Crippen LogP contribution in [-0.2, 0) is 0 Å². The molecule has 0 heterocycles. The second-order valence-corrected chi connectivity index (χ2v) is 9.63. The van der Waals surface area contributed by atoms with Crippen molar-refractivity contribution in [1.29, 1.82) is 0 Å². The van der Waals surface area contributed by atoms with Gasteiger partial charge in [-0.05, 0) is 111 Å². The van der Waals surface area contributed by atoms with Gasteiger partial charge in [0.2, 0.25) is 0 Å². The van der Waals surface area contributed by atoms with Crippen molar-refractivity contribution in [3.05, 3.63) is 70.5 Å². The summed E-state index contributed by atoms with van der Waals surface area (Å²) in [6.07, 6.45) is 11.0. The van der Waals surface area contributed by atoms with Crippen molar-refractivity contribution in [1.82, 2.24) is 0 Å². The van der Waals surface area contributed by atoms with Gasteiger partial charge in [0.05, 0.1) is 0 Å². The summed E-state index contributed by atoms with van der Waals surface area (Å²) in [6, 6.07) is 13.7. The van der Waals surface area contributed by atoms with Crippen molar-refractivity contribution in [3.63, 3.8) is 0 Å². The van der Waals surface area contributed by atoms with E-state index >= 15 is 0 Å². The van der Waals surface area contributed by atoms with Crippen LogP contribution >= 0.6 is 0 Å². The summed E-state index contributed by atoms with van der Waals surface area (Å²) in [6.45, 7) is 4.02. The van der Waals surface area contributed by atoms with Crippen LogP contribution < -0.4 is 0 Å². The maximum absolute atomic E-state index is 13.3. The Bertz CT molecular complexity index is 853. The molecule has 2 heteroatoms. The van der Waals surface area contributed by atoms with Gasteiger partial charge >= 0.3 is 0 Å². The van der Waals surface area contributed by atoms with E-state index in [1.54, 1.807) is 19.1 Å². The summed E-state index contributed by atoms with van der Waals surface area (Å²) in [4.78, 5) is 12.4. The second kappa shape index (κ2) is 9.45. The van der Waals surface area contributed by atoms with Gasteiger partial charge in [-0.1, -0.05) is 43.7 Å². The Morgan fingerprint density at radius 3 is 1.93 bits per heavy atom. The lowest BCUT2D eigenvalue weighted by Crippen LogP contribution is -2.16. The highest BCUT2D eigenvalue weighted by Gasteiger charge is 2.28. The molecule has 30 heavy (non-hydrogen) atoms. The zero-order valence-corrected chi connectivity index (χ0v) is 18.5. The lowest BCUT2D eigenvalue weighted by atomic mass is 9.73. The molecule has 2 fully saturated rings. The molecule has 1 nitrogen and oxygen atoms in total. The van der Waals surface area contributed by atoms with Crippen LogP contribution in [0, 0.1) is 11.7 Å². The highest BCUT2D eigenvalue weighted by Crippen LogP contribution is 2.43. The molecule has 0 saturated heterocycles. The summed E-state index contributed by atoms with van der Waals surface area (Å²) in [7, 11) is 0. The number of Topliss-reactive ketones (excluding diaryl/α,β-unsaturated/α-hetero) is 1. The molecular weight excluding hydrogens is 371 g/mol. The number of benzene rings is 2. The predicted molar refractivity (Wildman–Crippen MR) is 122 cm³/mol. The van der Waals surface area contributed by atoms with Gasteiger partial charge in [0.1, 0.15) is 5.82 Å². The average Bonchev–Trinajstić information content (AvgIpc) is 2.79. The van der Waals surface area contributed by atoms with E-state index in [4.69, 9.17) is 0 Å². The normalized spacial score (nSPS) is 27.0. The molecule has 0 N–H and O–H groups in total. The number of halogens is 1. The molecule has 0 atom stereocenters. The van der Waals surface area contributed by atoms with Gasteiger partial charge in [-0.15, -0.1) is 0 Å². The van der Waals surface area contributed by atoms with Gasteiger partial charge in [-0.25, -0.2) is 4.39 Å². The molecule has 0 aliphatic heterocycles. The van der Waals surface area contributed by atoms with Gasteiger partial charge in [-0.2, -0.15) is 0 Å². The molecule has 2 aliphatic rings. The Kier molecular flexibility index (Phi) is 6.71. The minimum absolute atomic E-state index is 0.164. The van der Waals surface area contributed by atoms with Gasteiger partial charge in [-0.3, -0.25) is 4.79 Å². The van der Waals surface area contributed by atoms with E-state index < -0.39 is 0 Å². The van der Waals surface area contributed by atoms with Crippen molar-refractivity contribution in [2.24, 2.45) is 5.92 Å². The van der Waals surface area contributed by atoms with Crippen LogP contribution in [0.3, 0.4) is 0 Å². The summed E-state index contributed by atoms with van der Waals surface area (Å²) >= 11 is 0. The average molecular weight is 407 g/mol. The molecular formula is C28H35FO. The number of ketones is 1. The quantitative estimate of drug-likeness (QED) is 0.458. The predicted octanol–water partition coefficient (Wildman–Crippen LogP) is 8.15. The number of rotatable bonds is 5. The Morgan fingerprint density at radius 1 is 0.800 bits per heavy atom. The van der Waals surface area contributed by atoms with E-state index in [1.165, 1.54) is 48.8 Å². The fraction of sp³-hybridized carbons (Fsp3) is 0.536. The molecule has 2 aliphatic carbocycles. The topological polar surface area (TPSA) is 17.1 Å². The van der Waals surface area contributed by atoms with Crippen molar-refractivity contribution in [2.75, 3.05) is 0 Å². The molecule has 2 aromatic carbocycles. The third-order valence-corrected chi connectivity index (χ3v) is 7.86. The molecule has 0 amide bonds. The van der Waals surface area contributed by atoms with E-state index in [9.17, 15) is 9.18 Å². The Balaban J connectivity index is 1.50. The van der Waals surface area contributed by atoms with Crippen LogP contribution in [0.2, 0.25) is 0 Å². The Morgan fingerprint density at radius 2 is 1.33 bits per heavy atom.